The van der Waals surface area contributed by atoms with Crippen molar-refractivity contribution < 1.29 is 19.8 Å². The number of likely N-dealkylation sites (tertiary alicyclic amines) is 1. The van der Waals surface area contributed by atoms with E-state index in [1.54, 1.807) is 4.90 Å². The smallest absolute Gasteiger partial charge is 0.317 e. The monoisotopic (exact) mass is 300 g/mol. The molecule has 21 heavy (non-hydrogen) atoms. The zero-order chi connectivity index (χ0) is 15.8. The maximum atomic E-state index is 12.1. The van der Waals surface area contributed by atoms with Gasteiger partial charge in [-0.3, -0.25) is 4.79 Å². The molecule has 6 heteroatoms. The van der Waals surface area contributed by atoms with E-state index in [2.05, 4.69) is 5.32 Å². The number of amides is 2. The number of carboxylic acids is 1. The molecule has 1 saturated heterocycles. The van der Waals surface area contributed by atoms with E-state index in [9.17, 15) is 14.7 Å². The summed E-state index contributed by atoms with van der Waals surface area (Å²) in [5.41, 5.74) is 0. The summed E-state index contributed by atoms with van der Waals surface area (Å²) in [7, 11) is 0. The lowest BCUT2D eigenvalue weighted by atomic mass is 9.94. The van der Waals surface area contributed by atoms with Crippen LogP contribution >= 0.6 is 0 Å². The van der Waals surface area contributed by atoms with Gasteiger partial charge in [0.1, 0.15) is 0 Å². The van der Waals surface area contributed by atoms with Gasteiger partial charge in [0.05, 0.1) is 0 Å². The molecule has 0 aromatic carbocycles. The van der Waals surface area contributed by atoms with Gasteiger partial charge in [0.2, 0.25) is 0 Å². The zero-order valence-corrected chi connectivity index (χ0v) is 13.0. The number of piperidine rings is 1. The fraction of sp³-hybridized carbons (Fsp3) is 0.867. The molecule has 2 amide bonds. The van der Waals surface area contributed by atoms with Crippen LogP contribution in [0.2, 0.25) is 0 Å². The lowest BCUT2D eigenvalue weighted by molar-refractivity contribution is -0.138. The van der Waals surface area contributed by atoms with Crippen molar-refractivity contribution in [3.8, 4) is 0 Å². The second kappa shape index (κ2) is 8.87. The van der Waals surface area contributed by atoms with E-state index in [0.717, 1.165) is 19.3 Å². The van der Waals surface area contributed by atoms with E-state index in [1.807, 2.05) is 13.8 Å². The van der Waals surface area contributed by atoms with Gasteiger partial charge in [-0.2, -0.15) is 0 Å². The Bertz CT molecular complexity index is 347. The van der Waals surface area contributed by atoms with E-state index in [0.29, 0.717) is 25.6 Å². The van der Waals surface area contributed by atoms with Gasteiger partial charge in [-0.1, -0.05) is 13.8 Å². The minimum absolute atomic E-state index is 0.0371. The molecule has 3 N–H and O–H groups in total. The lowest BCUT2D eigenvalue weighted by Crippen LogP contribution is -2.47. The third-order valence-electron chi connectivity index (χ3n) is 3.87. The summed E-state index contributed by atoms with van der Waals surface area (Å²) in [5.74, 6) is -0.298. The standard InChI is InChI=1S/C15H28N2O4/c1-11(2)6-13(7-14(19)20)8-16-15(21)17-5-3-4-12(9-17)10-18/h11-13,18H,3-10H2,1-2H3,(H,16,21)(H,19,20)/t12?,13-/m0/s1. The van der Waals surface area contributed by atoms with Crippen LogP contribution in [-0.2, 0) is 4.79 Å². The Kier molecular flexibility index (Phi) is 7.50. The molecule has 0 spiro atoms. The van der Waals surface area contributed by atoms with Crippen molar-refractivity contribution in [2.24, 2.45) is 17.8 Å². The van der Waals surface area contributed by atoms with Crippen molar-refractivity contribution in [2.75, 3.05) is 26.2 Å². The number of hydrogen-bond donors (Lipinski definition) is 3. The highest BCUT2D eigenvalue weighted by Gasteiger charge is 2.24. The van der Waals surface area contributed by atoms with E-state index in [-0.39, 0.29) is 30.9 Å². The van der Waals surface area contributed by atoms with Gasteiger partial charge >= 0.3 is 12.0 Å². The Hall–Kier alpha value is -1.30. The molecule has 1 aliphatic rings. The average molecular weight is 300 g/mol. The van der Waals surface area contributed by atoms with Crippen molar-refractivity contribution in [1.29, 1.82) is 0 Å². The van der Waals surface area contributed by atoms with Crippen LogP contribution in [0.3, 0.4) is 0 Å². The molecule has 1 heterocycles. The fourth-order valence-electron chi connectivity index (χ4n) is 2.89. The number of nitrogens with zero attached hydrogens (tertiary/aromatic N) is 1. The van der Waals surface area contributed by atoms with Gasteiger partial charge in [0.25, 0.3) is 0 Å². The predicted molar refractivity (Wildman–Crippen MR) is 80.0 cm³/mol. The Morgan fingerprint density at radius 2 is 2.10 bits per heavy atom. The van der Waals surface area contributed by atoms with Gasteiger partial charge in [0.15, 0.2) is 0 Å². The van der Waals surface area contributed by atoms with Crippen molar-refractivity contribution in [3.05, 3.63) is 0 Å². The van der Waals surface area contributed by atoms with E-state index >= 15 is 0 Å². The van der Waals surface area contributed by atoms with Crippen LogP contribution in [0.25, 0.3) is 0 Å². The summed E-state index contributed by atoms with van der Waals surface area (Å²) in [5, 5.41) is 21.0. The molecular formula is C15H28N2O4. The summed E-state index contributed by atoms with van der Waals surface area (Å²) in [4.78, 5) is 24.7. The molecule has 122 valence electrons. The molecule has 1 rings (SSSR count). The Morgan fingerprint density at radius 3 is 2.67 bits per heavy atom. The minimum Gasteiger partial charge on any atom is -0.481 e. The number of hydrogen-bond acceptors (Lipinski definition) is 3. The van der Waals surface area contributed by atoms with Crippen LogP contribution in [0, 0.1) is 17.8 Å². The number of carbonyl (C=O) groups is 2. The van der Waals surface area contributed by atoms with Gasteiger partial charge in [-0.25, -0.2) is 4.79 Å². The van der Waals surface area contributed by atoms with Gasteiger partial charge < -0.3 is 20.4 Å². The first kappa shape index (κ1) is 17.8. The first-order chi connectivity index (χ1) is 9.92. The SMILES string of the molecule is CC(C)C[C@H](CNC(=O)N1CCCC(CO)C1)CC(=O)O. The Labute approximate surface area is 126 Å². The topological polar surface area (TPSA) is 89.9 Å². The molecule has 6 nitrogen and oxygen atoms in total. The molecule has 0 radical (unpaired) electrons. The third-order valence-corrected chi connectivity index (χ3v) is 3.87. The Morgan fingerprint density at radius 1 is 1.38 bits per heavy atom. The first-order valence-corrected chi connectivity index (χ1v) is 7.77. The molecule has 2 atom stereocenters. The highest BCUT2D eigenvalue weighted by Crippen LogP contribution is 2.17. The largest absolute Gasteiger partial charge is 0.481 e. The van der Waals surface area contributed by atoms with Gasteiger partial charge in [0, 0.05) is 32.7 Å². The number of carboxylic acid groups (broad SMARTS) is 1. The van der Waals surface area contributed by atoms with E-state index in [1.165, 1.54) is 0 Å². The molecular weight excluding hydrogens is 272 g/mol. The quantitative estimate of drug-likeness (QED) is 0.665. The molecule has 1 aliphatic heterocycles. The summed E-state index contributed by atoms with van der Waals surface area (Å²) >= 11 is 0. The van der Waals surface area contributed by atoms with E-state index in [4.69, 9.17) is 5.11 Å². The summed E-state index contributed by atoms with van der Waals surface area (Å²) < 4.78 is 0. The predicted octanol–water partition coefficient (Wildman–Crippen LogP) is 1.54. The van der Waals surface area contributed by atoms with Crippen molar-refractivity contribution in [3.63, 3.8) is 0 Å². The summed E-state index contributed by atoms with van der Waals surface area (Å²) in [6.07, 6.45) is 2.72. The molecule has 0 aromatic heterocycles. The van der Waals surface area contributed by atoms with Crippen LogP contribution in [0.1, 0.15) is 39.5 Å². The number of aliphatic hydroxyl groups excluding tert-OH is 1. The number of aliphatic hydroxyl groups is 1. The molecule has 0 aromatic rings. The van der Waals surface area contributed by atoms with Crippen LogP contribution in [0.4, 0.5) is 4.79 Å². The van der Waals surface area contributed by atoms with Crippen molar-refractivity contribution in [2.45, 2.75) is 39.5 Å². The molecule has 1 fully saturated rings. The minimum atomic E-state index is -0.826. The van der Waals surface area contributed by atoms with Gasteiger partial charge in [-0.15, -0.1) is 0 Å². The normalized spacial score (nSPS) is 20.4. The fourth-order valence-corrected chi connectivity index (χ4v) is 2.89. The second-order valence-electron chi connectivity index (χ2n) is 6.42. The highest BCUT2D eigenvalue weighted by molar-refractivity contribution is 5.74. The maximum absolute atomic E-state index is 12.1. The van der Waals surface area contributed by atoms with Crippen LogP contribution in [0.5, 0.6) is 0 Å². The zero-order valence-electron chi connectivity index (χ0n) is 13.0. The van der Waals surface area contributed by atoms with Crippen LogP contribution in [0.15, 0.2) is 0 Å². The number of aliphatic carboxylic acids is 1. The van der Waals surface area contributed by atoms with Crippen LogP contribution < -0.4 is 5.32 Å². The molecule has 1 unspecified atom stereocenters. The second-order valence-corrected chi connectivity index (χ2v) is 6.42. The first-order valence-electron chi connectivity index (χ1n) is 7.77. The van der Waals surface area contributed by atoms with E-state index < -0.39 is 5.97 Å². The van der Waals surface area contributed by atoms with Gasteiger partial charge in [-0.05, 0) is 37.0 Å². The number of carbonyl (C=O) groups excluding carboxylic acids is 1. The summed E-state index contributed by atoms with van der Waals surface area (Å²) in [6.45, 7) is 5.88. The Balaban J connectivity index is 2.42. The van der Waals surface area contributed by atoms with Crippen molar-refractivity contribution >= 4 is 12.0 Å². The number of nitrogens with one attached hydrogen (secondary N) is 1. The third kappa shape index (κ3) is 6.80. The number of rotatable bonds is 7. The van der Waals surface area contributed by atoms with Crippen LogP contribution in [-0.4, -0.2) is 53.4 Å². The summed E-state index contributed by atoms with van der Waals surface area (Å²) in [6, 6.07) is -0.146. The maximum Gasteiger partial charge on any atom is 0.317 e. The average Bonchev–Trinajstić information content (AvgIpc) is 2.43. The highest BCUT2D eigenvalue weighted by atomic mass is 16.4. The molecule has 0 aliphatic carbocycles. The molecule has 0 saturated carbocycles. The van der Waals surface area contributed by atoms with Crippen molar-refractivity contribution in [1.82, 2.24) is 10.2 Å². The number of urea groups is 1. The molecule has 0 bridgehead atoms. The lowest BCUT2D eigenvalue weighted by Gasteiger charge is -2.32.